The van der Waals surface area contributed by atoms with Crippen molar-refractivity contribution >= 4 is 5.97 Å². The minimum atomic E-state index is -1.61. The first kappa shape index (κ1) is 24.3. The molecule has 0 spiro atoms. The average Bonchev–Trinajstić information content (AvgIpc) is 2.66. The number of carbonyl (C=O) groups is 1. The van der Waals surface area contributed by atoms with Crippen molar-refractivity contribution in [3.8, 4) is 0 Å². The zero-order valence-electron chi connectivity index (χ0n) is 16.6. The lowest BCUT2D eigenvalue weighted by atomic mass is 9.99. The fraction of sp³-hybridized carbons (Fsp3) is 0.950. The Bertz CT molecular complexity index is 391. The summed E-state index contributed by atoms with van der Waals surface area (Å²) in [6.07, 6.45) is 6.32. The molecule has 1 heterocycles. The first-order chi connectivity index (χ1) is 13.0. The largest absolute Gasteiger partial charge is 0.463 e. The number of ether oxygens (including phenoxy) is 2. The number of hydrogen-bond acceptors (Lipinski definition) is 7. The molecule has 4 N–H and O–H groups in total. The standard InChI is InChI=1S/C20H38O7/c1-2-3-4-5-6-7-8-9-10-11-12-13-16(21)26-14-15-17(22)18(23)19(24)20(25)27-15/h15,17-20,22-25H,2-14H2,1H3/t15-,17-,18+,19-,20-/m1/s1. The van der Waals surface area contributed by atoms with Crippen LogP contribution in [0.4, 0.5) is 0 Å². The maximum absolute atomic E-state index is 11.7. The Morgan fingerprint density at radius 1 is 0.778 bits per heavy atom. The van der Waals surface area contributed by atoms with Crippen LogP contribution in [-0.4, -0.2) is 63.7 Å². The lowest BCUT2D eigenvalue weighted by Crippen LogP contribution is -2.58. The fourth-order valence-corrected chi connectivity index (χ4v) is 3.25. The second-order valence-corrected chi connectivity index (χ2v) is 7.51. The van der Waals surface area contributed by atoms with Gasteiger partial charge < -0.3 is 29.9 Å². The first-order valence-corrected chi connectivity index (χ1v) is 10.5. The molecule has 160 valence electrons. The summed E-state index contributed by atoms with van der Waals surface area (Å²) in [5.74, 6) is -0.392. The highest BCUT2D eigenvalue weighted by atomic mass is 16.6. The van der Waals surface area contributed by atoms with Gasteiger partial charge in [0.1, 0.15) is 31.0 Å². The Balaban J connectivity index is 1.99. The highest BCUT2D eigenvalue weighted by Crippen LogP contribution is 2.20. The van der Waals surface area contributed by atoms with Crippen LogP contribution in [0.3, 0.4) is 0 Å². The van der Waals surface area contributed by atoms with Gasteiger partial charge in [-0.2, -0.15) is 0 Å². The van der Waals surface area contributed by atoms with E-state index < -0.39 is 36.7 Å². The Morgan fingerprint density at radius 2 is 1.30 bits per heavy atom. The van der Waals surface area contributed by atoms with E-state index in [1.165, 1.54) is 51.4 Å². The molecule has 0 amide bonds. The van der Waals surface area contributed by atoms with Crippen LogP contribution in [0.25, 0.3) is 0 Å². The first-order valence-electron chi connectivity index (χ1n) is 10.5. The van der Waals surface area contributed by atoms with E-state index in [1.54, 1.807) is 0 Å². The molecule has 7 nitrogen and oxygen atoms in total. The lowest BCUT2D eigenvalue weighted by molar-refractivity contribution is -0.287. The summed E-state index contributed by atoms with van der Waals surface area (Å²) in [5.41, 5.74) is 0. The van der Waals surface area contributed by atoms with Crippen molar-refractivity contribution in [3.63, 3.8) is 0 Å². The Morgan fingerprint density at radius 3 is 1.85 bits per heavy atom. The second-order valence-electron chi connectivity index (χ2n) is 7.51. The van der Waals surface area contributed by atoms with E-state index in [2.05, 4.69) is 6.92 Å². The van der Waals surface area contributed by atoms with E-state index in [1.807, 2.05) is 0 Å². The van der Waals surface area contributed by atoms with Crippen molar-refractivity contribution in [2.45, 2.75) is 115 Å². The minimum Gasteiger partial charge on any atom is -0.463 e. The molecule has 1 aliphatic rings. The topological polar surface area (TPSA) is 116 Å². The predicted molar refractivity (Wildman–Crippen MR) is 101 cm³/mol. The van der Waals surface area contributed by atoms with Gasteiger partial charge in [0, 0.05) is 6.42 Å². The Labute approximate surface area is 162 Å². The molecule has 0 aliphatic carbocycles. The van der Waals surface area contributed by atoms with E-state index in [9.17, 15) is 25.2 Å². The fourth-order valence-electron chi connectivity index (χ4n) is 3.25. The number of aliphatic hydroxyl groups excluding tert-OH is 4. The van der Waals surface area contributed by atoms with Gasteiger partial charge in [-0.25, -0.2) is 0 Å². The Kier molecular flexibility index (Phi) is 12.9. The van der Waals surface area contributed by atoms with Crippen LogP contribution in [0.15, 0.2) is 0 Å². The third-order valence-electron chi connectivity index (χ3n) is 5.08. The van der Waals surface area contributed by atoms with Crippen molar-refractivity contribution in [2.75, 3.05) is 6.61 Å². The predicted octanol–water partition coefficient (Wildman–Crippen LogP) is 2.03. The second kappa shape index (κ2) is 14.3. The van der Waals surface area contributed by atoms with Gasteiger partial charge in [0.2, 0.25) is 0 Å². The van der Waals surface area contributed by atoms with Gasteiger partial charge in [0.25, 0.3) is 0 Å². The van der Waals surface area contributed by atoms with Gasteiger partial charge in [-0.3, -0.25) is 4.79 Å². The van der Waals surface area contributed by atoms with Gasteiger partial charge in [-0.05, 0) is 6.42 Å². The molecule has 1 aliphatic heterocycles. The molecule has 0 radical (unpaired) electrons. The molecule has 1 saturated heterocycles. The molecule has 27 heavy (non-hydrogen) atoms. The van der Waals surface area contributed by atoms with E-state index >= 15 is 0 Å². The van der Waals surface area contributed by atoms with Crippen molar-refractivity contribution < 1.29 is 34.7 Å². The van der Waals surface area contributed by atoms with Crippen LogP contribution >= 0.6 is 0 Å². The number of rotatable bonds is 14. The summed E-state index contributed by atoms with van der Waals surface area (Å²) in [7, 11) is 0. The SMILES string of the molecule is CCCCCCCCCCCCCC(=O)OC[C@H]1O[C@@H](O)[C@H](O)[C@@H](O)[C@@H]1O. The van der Waals surface area contributed by atoms with Crippen molar-refractivity contribution in [1.29, 1.82) is 0 Å². The normalized spacial score (nSPS) is 28.3. The quantitative estimate of drug-likeness (QED) is 0.265. The minimum absolute atomic E-state index is 0.265. The number of hydrogen-bond donors (Lipinski definition) is 4. The molecule has 0 unspecified atom stereocenters. The number of esters is 1. The van der Waals surface area contributed by atoms with Crippen LogP contribution in [0.5, 0.6) is 0 Å². The smallest absolute Gasteiger partial charge is 0.305 e. The number of aliphatic hydroxyl groups is 4. The van der Waals surface area contributed by atoms with E-state index in [4.69, 9.17) is 9.47 Å². The highest BCUT2D eigenvalue weighted by molar-refractivity contribution is 5.69. The van der Waals surface area contributed by atoms with Crippen LogP contribution < -0.4 is 0 Å². The third kappa shape index (κ3) is 9.85. The van der Waals surface area contributed by atoms with Gasteiger partial charge in [0.15, 0.2) is 6.29 Å². The zero-order chi connectivity index (χ0) is 20.1. The summed E-state index contributed by atoms with van der Waals surface area (Å²) in [6, 6.07) is 0. The molecule has 5 atom stereocenters. The lowest BCUT2D eigenvalue weighted by Gasteiger charge is -2.37. The van der Waals surface area contributed by atoms with Gasteiger partial charge in [0.05, 0.1) is 0 Å². The molecule has 1 rings (SSSR count). The molecule has 0 bridgehead atoms. The van der Waals surface area contributed by atoms with Crippen LogP contribution in [0.2, 0.25) is 0 Å². The van der Waals surface area contributed by atoms with E-state index in [0.717, 1.165) is 19.3 Å². The summed E-state index contributed by atoms with van der Waals surface area (Å²) < 4.78 is 10.0. The number of carbonyl (C=O) groups excluding carboxylic acids is 1. The number of unbranched alkanes of at least 4 members (excludes halogenated alkanes) is 10. The van der Waals surface area contributed by atoms with E-state index in [-0.39, 0.29) is 6.61 Å². The summed E-state index contributed by atoms with van der Waals surface area (Å²) in [6.45, 7) is 1.96. The summed E-state index contributed by atoms with van der Waals surface area (Å²) in [5, 5.41) is 38.2. The monoisotopic (exact) mass is 390 g/mol. The molecule has 7 heteroatoms. The summed E-state index contributed by atoms with van der Waals surface area (Å²) >= 11 is 0. The van der Waals surface area contributed by atoms with Crippen molar-refractivity contribution in [1.82, 2.24) is 0 Å². The molecular formula is C20H38O7. The van der Waals surface area contributed by atoms with E-state index in [0.29, 0.717) is 6.42 Å². The average molecular weight is 391 g/mol. The summed E-state index contributed by atoms with van der Waals surface area (Å²) in [4.78, 5) is 11.7. The molecule has 0 aromatic rings. The zero-order valence-corrected chi connectivity index (χ0v) is 16.6. The van der Waals surface area contributed by atoms with Gasteiger partial charge >= 0.3 is 5.97 Å². The van der Waals surface area contributed by atoms with Crippen molar-refractivity contribution in [3.05, 3.63) is 0 Å². The van der Waals surface area contributed by atoms with Crippen LogP contribution in [0, 0.1) is 0 Å². The van der Waals surface area contributed by atoms with Crippen LogP contribution in [0.1, 0.15) is 84.0 Å². The molecule has 0 aromatic heterocycles. The highest BCUT2D eigenvalue weighted by Gasteiger charge is 2.43. The maximum atomic E-state index is 11.7. The molecular weight excluding hydrogens is 352 g/mol. The van der Waals surface area contributed by atoms with Crippen LogP contribution in [-0.2, 0) is 14.3 Å². The Hall–Kier alpha value is -0.730. The molecule has 1 fully saturated rings. The van der Waals surface area contributed by atoms with Gasteiger partial charge in [-0.15, -0.1) is 0 Å². The maximum Gasteiger partial charge on any atom is 0.305 e. The third-order valence-corrected chi connectivity index (χ3v) is 5.08. The molecule has 0 aromatic carbocycles. The van der Waals surface area contributed by atoms with Gasteiger partial charge in [-0.1, -0.05) is 71.1 Å². The van der Waals surface area contributed by atoms with Crippen molar-refractivity contribution in [2.24, 2.45) is 0 Å². The molecule has 0 saturated carbocycles.